The molecule has 1 aromatic carbocycles. The summed E-state index contributed by atoms with van der Waals surface area (Å²) in [5.41, 5.74) is 1.26. The van der Waals surface area contributed by atoms with Gasteiger partial charge in [-0.2, -0.15) is 0 Å². The summed E-state index contributed by atoms with van der Waals surface area (Å²) in [5, 5.41) is 0. The Morgan fingerprint density at radius 3 is 2.32 bits per heavy atom. The molecule has 0 aliphatic carbocycles. The van der Waals surface area contributed by atoms with Crippen molar-refractivity contribution >= 4 is 12.0 Å². The number of aryl methyl sites for hydroxylation is 1. The summed E-state index contributed by atoms with van der Waals surface area (Å²) in [6.45, 7) is 9.91. The molecule has 0 saturated carbocycles. The molecule has 1 unspecified atom stereocenters. The first kappa shape index (κ1) is 16.5. The van der Waals surface area contributed by atoms with E-state index in [1.165, 1.54) is 17.6 Å². The molecular weight excluding hydrogens is 260 g/mol. The van der Waals surface area contributed by atoms with Crippen molar-refractivity contribution < 1.29 is 13.7 Å². The second-order valence-corrected chi connectivity index (χ2v) is 5.66. The fourth-order valence-electron chi connectivity index (χ4n) is 1.36. The number of benzene rings is 1. The fourth-order valence-corrected chi connectivity index (χ4v) is 1.90. The molecule has 0 aromatic heterocycles. The van der Waals surface area contributed by atoms with Gasteiger partial charge in [0, 0.05) is 16.9 Å². The summed E-state index contributed by atoms with van der Waals surface area (Å²) in [6.07, 6.45) is 0.356. The van der Waals surface area contributed by atoms with Gasteiger partial charge in [-0.05, 0) is 39.8 Å². The molecule has 0 bridgehead atoms. The van der Waals surface area contributed by atoms with Gasteiger partial charge in [0.05, 0.1) is 32.0 Å². The lowest BCUT2D eigenvalue weighted by Crippen LogP contribution is -2.20. The predicted molar refractivity (Wildman–Crippen MR) is 79.5 cm³/mol. The van der Waals surface area contributed by atoms with Gasteiger partial charge in [0.25, 0.3) is 0 Å². The highest BCUT2D eigenvalue weighted by atomic mass is 32.2. The van der Waals surface area contributed by atoms with Crippen LogP contribution in [-0.2, 0) is 13.7 Å². The highest BCUT2D eigenvalue weighted by Crippen LogP contribution is 2.18. The smallest absolute Gasteiger partial charge is 0.0852 e. The van der Waals surface area contributed by atoms with Crippen LogP contribution in [-0.4, -0.2) is 32.0 Å². The molecule has 0 aliphatic rings. The lowest BCUT2D eigenvalue weighted by Gasteiger charge is -2.15. The standard InChI is InChI=1S/C15H24O3S/c1-12(2)17-11-14(4)16-9-10-18-19-15-7-5-13(3)6-8-15/h5-8,12,14H,9-11H2,1-4H3. The Balaban J connectivity index is 2.03. The minimum atomic E-state index is 0.107. The molecule has 0 saturated heterocycles. The van der Waals surface area contributed by atoms with E-state index in [4.69, 9.17) is 13.7 Å². The van der Waals surface area contributed by atoms with E-state index in [9.17, 15) is 0 Å². The maximum Gasteiger partial charge on any atom is 0.0852 e. The fraction of sp³-hybridized carbons (Fsp3) is 0.600. The average Bonchev–Trinajstić information content (AvgIpc) is 2.38. The molecular formula is C15H24O3S. The molecule has 19 heavy (non-hydrogen) atoms. The molecule has 1 aromatic rings. The number of rotatable bonds is 9. The van der Waals surface area contributed by atoms with E-state index < -0.39 is 0 Å². The van der Waals surface area contributed by atoms with Gasteiger partial charge in [0.15, 0.2) is 0 Å². The maximum absolute atomic E-state index is 5.59. The van der Waals surface area contributed by atoms with Crippen molar-refractivity contribution in [1.29, 1.82) is 0 Å². The zero-order valence-electron chi connectivity index (χ0n) is 12.2. The zero-order valence-corrected chi connectivity index (χ0v) is 13.0. The first-order valence-corrected chi connectivity index (χ1v) is 7.41. The summed E-state index contributed by atoms with van der Waals surface area (Å²) in [6, 6.07) is 8.26. The maximum atomic E-state index is 5.59. The Morgan fingerprint density at radius 1 is 1.00 bits per heavy atom. The normalized spacial score (nSPS) is 12.9. The highest BCUT2D eigenvalue weighted by Gasteiger charge is 2.04. The summed E-state index contributed by atoms with van der Waals surface area (Å²) in [4.78, 5) is 1.11. The van der Waals surface area contributed by atoms with Gasteiger partial charge >= 0.3 is 0 Å². The van der Waals surface area contributed by atoms with E-state index in [2.05, 4.69) is 31.2 Å². The van der Waals surface area contributed by atoms with Crippen LogP contribution < -0.4 is 0 Å². The van der Waals surface area contributed by atoms with Gasteiger partial charge in [0.1, 0.15) is 0 Å². The Kier molecular flexibility index (Phi) is 8.14. The minimum Gasteiger partial charge on any atom is -0.376 e. The molecule has 0 amide bonds. The van der Waals surface area contributed by atoms with Gasteiger partial charge in [-0.15, -0.1) is 0 Å². The van der Waals surface area contributed by atoms with Crippen molar-refractivity contribution in [2.24, 2.45) is 0 Å². The van der Waals surface area contributed by atoms with Gasteiger partial charge < -0.3 is 13.7 Å². The largest absolute Gasteiger partial charge is 0.376 e. The van der Waals surface area contributed by atoms with Gasteiger partial charge in [-0.3, -0.25) is 0 Å². The Labute approximate surface area is 120 Å². The lowest BCUT2D eigenvalue weighted by molar-refractivity contribution is -0.0318. The molecule has 0 aliphatic heterocycles. The third kappa shape index (κ3) is 8.26. The third-order valence-corrected chi connectivity index (χ3v) is 3.16. The average molecular weight is 284 g/mol. The summed E-state index contributed by atoms with van der Waals surface area (Å²) in [5.74, 6) is 0. The number of hydrogen-bond donors (Lipinski definition) is 0. The molecule has 0 N–H and O–H groups in total. The van der Waals surface area contributed by atoms with E-state index in [1.54, 1.807) is 0 Å². The first-order valence-electron chi connectivity index (χ1n) is 6.67. The molecule has 0 radical (unpaired) electrons. The minimum absolute atomic E-state index is 0.107. The van der Waals surface area contributed by atoms with E-state index >= 15 is 0 Å². The Morgan fingerprint density at radius 2 is 1.68 bits per heavy atom. The van der Waals surface area contributed by atoms with Crippen molar-refractivity contribution in [1.82, 2.24) is 0 Å². The predicted octanol–water partition coefficient (Wildman–Crippen LogP) is 3.85. The molecule has 0 heterocycles. The Bertz CT molecular complexity index is 338. The highest BCUT2D eigenvalue weighted by molar-refractivity contribution is 7.94. The van der Waals surface area contributed by atoms with Crippen molar-refractivity contribution in [3.8, 4) is 0 Å². The summed E-state index contributed by atoms with van der Waals surface area (Å²) in [7, 11) is 0. The molecule has 4 heteroatoms. The molecule has 0 fully saturated rings. The molecule has 108 valence electrons. The third-order valence-electron chi connectivity index (χ3n) is 2.41. The quantitative estimate of drug-likeness (QED) is 0.508. The van der Waals surface area contributed by atoms with Crippen LogP contribution in [0.5, 0.6) is 0 Å². The number of ether oxygens (including phenoxy) is 2. The second kappa shape index (κ2) is 9.37. The van der Waals surface area contributed by atoms with Crippen LogP contribution >= 0.6 is 12.0 Å². The Hall–Kier alpha value is -0.550. The van der Waals surface area contributed by atoms with Crippen molar-refractivity contribution in [2.75, 3.05) is 19.8 Å². The van der Waals surface area contributed by atoms with Crippen LogP contribution in [0.2, 0.25) is 0 Å². The lowest BCUT2D eigenvalue weighted by atomic mass is 10.2. The molecule has 3 nitrogen and oxygen atoms in total. The van der Waals surface area contributed by atoms with Crippen LogP contribution in [0.4, 0.5) is 0 Å². The van der Waals surface area contributed by atoms with Gasteiger partial charge in [-0.25, -0.2) is 0 Å². The zero-order chi connectivity index (χ0) is 14.1. The topological polar surface area (TPSA) is 27.7 Å². The summed E-state index contributed by atoms with van der Waals surface area (Å²) < 4.78 is 16.5. The molecule has 0 spiro atoms. The van der Waals surface area contributed by atoms with Crippen LogP contribution in [0.25, 0.3) is 0 Å². The van der Waals surface area contributed by atoms with Crippen molar-refractivity contribution in [2.45, 2.75) is 44.8 Å². The van der Waals surface area contributed by atoms with Crippen LogP contribution in [0.1, 0.15) is 26.3 Å². The van der Waals surface area contributed by atoms with Crippen LogP contribution in [0.3, 0.4) is 0 Å². The van der Waals surface area contributed by atoms with Crippen molar-refractivity contribution in [3.63, 3.8) is 0 Å². The van der Waals surface area contributed by atoms with E-state index in [0.717, 1.165) is 4.90 Å². The van der Waals surface area contributed by atoms with Gasteiger partial charge in [0.2, 0.25) is 0 Å². The first-order chi connectivity index (χ1) is 9.08. The van der Waals surface area contributed by atoms with Crippen molar-refractivity contribution in [3.05, 3.63) is 29.8 Å². The molecule has 1 rings (SSSR count). The summed E-state index contributed by atoms with van der Waals surface area (Å²) >= 11 is 1.39. The van der Waals surface area contributed by atoms with E-state index in [-0.39, 0.29) is 12.2 Å². The van der Waals surface area contributed by atoms with E-state index in [0.29, 0.717) is 19.8 Å². The van der Waals surface area contributed by atoms with Crippen LogP contribution in [0, 0.1) is 6.92 Å². The van der Waals surface area contributed by atoms with Gasteiger partial charge in [-0.1, -0.05) is 17.7 Å². The second-order valence-electron chi connectivity index (χ2n) is 4.78. The SMILES string of the molecule is Cc1ccc(SOCCOC(C)COC(C)C)cc1. The monoisotopic (exact) mass is 284 g/mol. The molecule has 1 atom stereocenters. The van der Waals surface area contributed by atoms with E-state index in [1.807, 2.05) is 20.8 Å². The van der Waals surface area contributed by atoms with Crippen LogP contribution in [0.15, 0.2) is 29.2 Å². The number of hydrogen-bond acceptors (Lipinski definition) is 4.